The largest absolute Gasteiger partial charge is 0.486 e. The number of hydrogen-bond acceptors (Lipinski definition) is 3. The number of aryl methyl sites for hydroxylation is 1. The lowest BCUT2D eigenvalue weighted by atomic mass is 10.1. The molecule has 0 radical (unpaired) electrons. The molecule has 4 heteroatoms. The van der Waals surface area contributed by atoms with Crippen LogP contribution in [0.15, 0.2) is 12.1 Å². The van der Waals surface area contributed by atoms with Gasteiger partial charge in [0.1, 0.15) is 13.2 Å². The molecule has 1 heterocycles. The molecular weight excluding hydrogens is 270 g/mol. The Bertz CT molecular complexity index is 382. The topological polar surface area (TPSA) is 21.7 Å². The fourth-order valence-corrected chi connectivity index (χ4v) is 1.91. The van der Waals surface area contributed by atoms with Crippen molar-refractivity contribution in [1.29, 1.82) is 0 Å². The number of rotatable bonds is 3. The van der Waals surface area contributed by atoms with Gasteiger partial charge in [0, 0.05) is 6.54 Å². The van der Waals surface area contributed by atoms with Gasteiger partial charge < -0.3 is 9.47 Å². The van der Waals surface area contributed by atoms with Crippen LogP contribution in [0.4, 0.5) is 0 Å². The fraction of sp³-hybridized carbons (Fsp3) is 0.500. The minimum absolute atomic E-state index is 0.643. The molecule has 1 aliphatic heterocycles. The Balaban J connectivity index is 2.25. The molecule has 0 unspecified atom stereocenters. The van der Waals surface area contributed by atoms with Crippen molar-refractivity contribution in [2.75, 3.05) is 25.7 Å². The zero-order valence-corrected chi connectivity index (χ0v) is 11.2. The molecule has 0 saturated heterocycles. The summed E-state index contributed by atoms with van der Waals surface area (Å²) in [5.41, 5.74) is 3.39. The van der Waals surface area contributed by atoms with Crippen molar-refractivity contribution in [2.24, 2.45) is 0 Å². The van der Waals surface area contributed by atoms with Crippen LogP contribution in [0.1, 0.15) is 11.1 Å². The summed E-state index contributed by atoms with van der Waals surface area (Å²) in [6.45, 7) is 4.31. The second-order valence-electron chi connectivity index (χ2n) is 4.06. The molecule has 0 saturated carbocycles. The van der Waals surface area contributed by atoms with Crippen molar-refractivity contribution in [3.05, 3.63) is 23.3 Å². The molecule has 0 fully saturated rings. The maximum Gasteiger partial charge on any atom is 0.161 e. The van der Waals surface area contributed by atoms with E-state index in [9.17, 15) is 0 Å². The number of alkyl halides is 1. The first-order chi connectivity index (χ1) is 7.70. The lowest BCUT2D eigenvalue weighted by molar-refractivity contribution is 0.171. The van der Waals surface area contributed by atoms with Crippen LogP contribution >= 0.6 is 15.9 Å². The molecule has 2 rings (SSSR count). The summed E-state index contributed by atoms with van der Waals surface area (Å²) in [5, 5.41) is 0. The molecule has 0 N–H and O–H groups in total. The molecule has 88 valence electrons. The second-order valence-corrected chi connectivity index (χ2v) is 4.56. The molecule has 1 aliphatic rings. The van der Waals surface area contributed by atoms with Crippen molar-refractivity contribution in [1.82, 2.24) is 4.90 Å². The minimum Gasteiger partial charge on any atom is -0.486 e. The Kier molecular flexibility index (Phi) is 3.71. The van der Waals surface area contributed by atoms with Crippen molar-refractivity contribution in [3.8, 4) is 11.5 Å². The van der Waals surface area contributed by atoms with Crippen LogP contribution in [-0.4, -0.2) is 30.6 Å². The Hall–Kier alpha value is -0.740. The average molecular weight is 286 g/mol. The van der Waals surface area contributed by atoms with E-state index < -0.39 is 0 Å². The van der Waals surface area contributed by atoms with E-state index in [0.29, 0.717) is 13.2 Å². The maximum atomic E-state index is 5.58. The van der Waals surface area contributed by atoms with Crippen LogP contribution in [0.2, 0.25) is 0 Å². The van der Waals surface area contributed by atoms with Gasteiger partial charge in [0.25, 0.3) is 0 Å². The fourth-order valence-electron chi connectivity index (χ4n) is 1.74. The van der Waals surface area contributed by atoms with Crippen molar-refractivity contribution < 1.29 is 9.47 Å². The van der Waals surface area contributed by atoms with Crippen LogP contribution in [0.25, 0.3) is 0 Å². The standard InChI is InChI=1S/C12H16BrNO2/c1-9-5-11-12(16-4-3-15-11)6-10(9)7-14(2)8-13/h5-6H,3-4,7-8H2,1-2H3. The van der Waals surface area contributed by atoms with Crippen molar-refractivity contribution in [3.63, 3.8) is 0 Å². The number of hydrogen-bond donors (Lipinski definition) is 0. The summed E-state index contributed by atoms with van der Waals surface area (Å²) in [4.78, 5) is 2.19. The van der Waals surface area contributed by atoms with E-state index in [0.717, 1.165) is 23.5 Å². The normalized spacial score (nSPS) is 14.2. The van der Waals surface area contributed by atoms with Gasteiger partial charge in [-0.1, -0.05) is 15.9 Å². The third-order valence-corrected chi connectivity index (χ3v) is 3.50. The molecule has 16 heavy (non-hydrogen) atoms. The lowest BCUT2D eigenvalue weighted by Crippen LogP contribution is -2.18. The Morgan fingerprint density at radius 3 is 2.50 bits per heavy atom. The number of halogens is 1. The van der Waals surface area contributed by atoms with E-state index in [1.165, 1.54) is 11.1 Å². The first-order valence-corrected chi connectivity index (χ1v) is 6.46. The molecule has 0 aliphatic carbocycles. The highest BCUT2D eigenvalue weighted by Gasteiger charge is 2.14. The van der Waals surface area contributed by atoms with E-state index in [2.05, 4.69) is 46.9 Å². The van der Waals surface area contributed by atoms with Crippen LogP contribution in [0.5, 0.6) is 11.5 Å². The van der Waals surface area contributed by atoms with E-state index in [1.807, 2.05) is 0 Å². The lowest BCUT2D eigenvalue weighted by Gasteiger charge is -2.22. The first-order valence-electron chi connectivity index (χ1n) is 5.34. The first kappa shape index (κ1) is 11.7. The van der Waals surface area contributed by atoms with Gasteiger partial charge in [0.05, 0.1) is 5.45 Å². The van der Waals surface area contributed by atoms with Gasteiger partial charge in [-0.25, -0.2) is 0 Å². The SMILES string of the molecule is Cc1cc2c(cc1CN(C)CBr)OCCO2. The highest BCUT2D eigenvalue weighted by atomic mass is 79.9. The quantitative estimate of drug-likeness (QED) is 0.629. The van der Waals surface area contributed by atoms with Gasteiger partial charge in [0.15, 0.2) is 11.5 Å². The van der Waals surface area contributed by atoms with Crippen molar-refractivity contribution >= 4 is 15.9 Å². The van der Waals surface area contributed by atoms with Crippen molar-refractivity contribution in [2.45, 2.75) is 13.5 Å². The molecule has 0 spiro atoms. The number of nitrogens with zero attached hydrogens (tertiary/aromatic N) is 1. The van der Waals surface area contributed by atoms with Crippen LogP contribution in [0.3, 0.4) is 0 Å². The maximum absolute atomic E-state index is 5.58. The van der Waals surface area contributed by atoms with Gasteiger partial charge >= 0.3 is 0 Å². The molecule has 1 aromatic rings. The molecule has 0 amide bonds. The molecule has 0 bridgehead atoms. The summed E-state index contributed by atoms with van der Waals surface area (Å²) in [6, 6.07) is 4.15. The zero-order chi connectivity index (χ0) is 11.5. The molecule has 0 aromatic heterocycles. The van der Waals surface area contributed by atoms with Gasteiger partial charge in [0.2, 0.25) is 0 Å². The molecule has 1 aromatic carbocycles. The Morgan fingerprint density at radius 1 is 1.25 bits per heavy atom. The predicted octanol–water partition coefficient (Wildman–Crippen LogP) is 2.55. The van der Waals surface area contributed by atoms with Gasteiger partial charge in [-0.05, 0) is 37.2 Å². The van der Waals surface area contributed by atoms with E-state index in [-0.39, 0.29) is 0 Å². The Labute approximate surface area is 104 Å². The summed E-state index contributed by atoms with van der Waals surface area (Å²) in [7, 11) is 2.07. The number of fused-ring (bicyclic) bond motifs is 1. The highest BCUT2D eigenvalue weighted by molar-refractivity contribution is 9.09. The third-order valence-electron chi connectivity index (χ3n) is 2.65. The average Bonchev–Trinajstić information content (AvgIpc) is 2.30. The summed E-state index contributed by atoms with van der Waals surface area (Å²) in [5.74, 6) is 1.74. The molecule has 3 nitrogen and oxygen atoms in total. The summed E-state index contributed by atoms with van der Waals surface area (Å²) in [6.07, 6.45) is 0. The van der Waals surface area contributed by atoms with Gasteiger partial charge in [-0.3, -0.25) is 4.90 Å². The predicted molar refractivity (Wildman–Crippen MR) is 67.4 cm³/mol. The molecule has 0 atom stereocenters. The highest BCUT2D eigenvalue weighted by Crippen LogP contribution is 2.33. The summed E-state index contributed by atoms with van der Waals surface area (Å²) >= 11 is 3.44. The molecular formula is C12H16BrNO2. The second kappa shape index (κ2) is 5.06. The Morgan fingerprint density at radius 2 is 1.88 bits per heavy atom. The van der Waals surface area contributed by atoms with Crippen LogP contribution < -0.4 is 9.47 Å². The van der Waals surface area contributed by atoms with Crippen LogP contribution in [0, 0.1) is 6.92 Å². The summed E-state index contributed by atoms with van der Waals surface area (Å²) < 4.78 is 11.1. The van der Waals surface area contributed by atoms with Gasteiger partial charge in [-0.15, -0.1) is 0 Å². The number of ether oxygens (including phenoxy) is 2. The van der Waals surface area contributed by atoms with E-state index >= 15 is 0 Å². The van der Waals surface area contributed by atoms with Gasteiger partial charge in [-0.2, -0.15) is 0 Å². The minimum atomic E-state index is 0.643. The van der Waals surface area contributed by atoms with E-state index in [1.54, 1.807) is 0 Å². The van der Waals surface area contributed by atoms with E-state index in [4.69, 9.17) is 9.47 Å². The zero-order valence-electron chi connectivity index (χ0n) is 9.62. The monoisotopic (exact) mass is 285 g/mol. The third kappa shape index (κ3) is 2.50. The van der Waals surface area contributed by atoms with Crippen LogP contribution in [-0.2, 0) is 6.54 Å². The number of benzene rings is 1. The smallest absolute Gasteiger partial charge is 0.161 e.